The molecule has 0 atom stereocenters. The van der Waals surface area contributed by atoms with Gasteiger partial charge in [0, 0.05) is 27.1 Å². The van der Waals surface area contributed by atoms with Crippen LogP contribution in [0.4, 0.5) is 0 Å². The lowest BCUT2D eigenvalue weighted by Gasteiger charge is -2.15. The number of hydrogen-bond donors (Lipinski definition) is 1. The van der Waals surface area contributed by atoms with Crippen molar-refractivity contribution in [2.45, 2.75) is 13.3 Å². The van der Waals surface area contributed by atoms with Crippen LogP contribution < -0.4 is 5.32 Å². The first-order chi connectivity index (χ1) is 7.91. The van der Waals surface area contributed by atoms with Gasteiger partial charge in [0.15, 0.2) is 0 Å². The van der Waals surface area contributed by atoms with E-state index < -0.39 is 15.9 Å². The fourth-order valence-electron chi connectivity index (χ4n) is 1.01. The Morgan fingerprint density at radius 2 is 2.12 bits per heavy atom. The van der Waals surface area contributed by atoms with Crippen molar-refractivity contribution in [2.75, 3.05) is 32.6 Å². The van der Waals surface area contributed by atoms with Gasteiger partial charge in [-0.2, -0.15) is 0 Å². The number of ether oxygens (including phenoxy) is 1. The van der Waals surface area contributed by atoms with Crippen molar-refractivity contribution < 1.29 is 17.9 Å². The highest BCUT2D eigenvalue weighted by Gasteiger charge is 2.19. The Morgan fingerprint density at radius 1 is 1.47 bits per heavy atom. The van der Waals surface area contributed by atoms with Crippen LogP contribution in [-0.4, -0.2) is 51.2 Å². The summed E-state index contributed by atoms with van der Waals surface area (Å²) < 4.78 is 29.0. The maximum atomic E-state index is 11.5. The van der Waals surface area contributed by atoms with E-state index in [1.807, 2.05) is 0 Å². The average Bonchev–Trinajstić information content (AvgIpc) is 2.26. The van der Waals surface area contributed by atoms with Crippen LogP contribution in [-0.2, 0) is 19.6 Å². The van der Waals surface area contributed by atoms with E-state index in [0.717, 1.165) is 4.31 Å². The van der Waals surface area contributed by atoms with Gasteiger partial charge >= 0.3 is 0 Å². The molecule has 0 aliphatic carbocycles. The molecule has 0 aromatic heterocycles. The standard InChI is InChI=1S/C10H20N2O4S/c1-4-11-6-8-16-7-5-9-17(14,15)12(3)10(2)13/h4,11H,1,5-9H2,2-3H3. The molecule has 0 aromatic rings. The minimum Gasteiger partial charge on any atom is -0.389 e. The highest BCUT2D eigenvalue weighted by molar-refractivity contribution is 7.89. The summed E-state index contributed by atoms with van der Waals surface area (Å²) in [5.41, 5.74) is 0. The topological polar surface area (TPSA) is 75.7 Å². The number of nitrogens with zero attached hydrogens (tertiary/aromatic N) is 1. The molecule has 0 rings (SSSR count). The third kappa shape index (κ3) is 6.96. The Kier molecular flexibility index (Phi) is 7.56. The summed E-state index contributed by atoms with van der Waals surface area (Å²) in [5.74, 6) is -0.570. The van der Waals surface area contributed by atoms with Crippen LogP contribution in [0.15, 0.2) is 12.8 Å². The first-order valence-corrected chi connectivity index (χ1v) is 6.92. The third-order valence-electron chi connectivity index (χ3n) is 2.09. The van der Waals surface area contributed by atoms with Gasteiger partial charge in [-0.1, -0.05) is 6.58 Å². The van der Waals surface area contributed by atoms with Crippen molar-refractivity contribution in [2.24, 2.45) is 0 Å². The monoisotopic (exact) mass is 264 g/mol. The van der Waals surface area contributed by atoms with Crippen molar-refractivity contribution in [3.63, 3.8) is 0 Å². The molecule has 6 nitrogen and oxygen atoms in total. The van der Waals surface area contributed by atoms with Gasteiger partial charge in [-0.15, -0.1) is 0 Å². The van der Waals surface area contributed by atoms with Gasteiger partial charge in [0.1, 0.15) is 0 Å². The van der Waals surface area contributed by atoms with Gasteiger partial charge in [-0.25, -0.2) is 12.7 Å². The molecule has 0 bridgehead atoms. The lowest BCUT2D eigenvalue weighted by Crippen LogP contribution is -2.33. The Morgan fingerprint density at radius 3 is 2.65 bits per heavy atom. The maximum absolute atomic E-state index is 11.5. The van der Waals surface area contributed by atoms with Crippen molar-refractivity contribution in [3.05, 3.63) is 12.8 Å². The molecule has 100 valence electrons. The van der Waals surface area contributed by atoms with Gasteiger partial charge in [-0.3, -0.25) is 4.79 Å². The Hall–Kier alpha value is -1.08. The molecular weight excluding hydrogens is 244 g/mol. The second-order valence-corrected chi connectivity index (χ2v) is 5.55. The Labute approximate surface area is 103 Å². The van der Waals surface area contributed by atoms with Crippen molar-refractivity contribution in [1.29, 1.82) is 0 Å². The molecule has 17 heavy (non-hydrogen) atoms. The lowest BCUT2D eigenvalue weighted by molar-refractivity contribution is -0.123. The molecule has 1 amide bonds. The Balaban J connectivity index is 3.74. The summed E-state index contributed by atoms with van der Waals surface area (Å²) in [4.78, 5) is 10.9. The predicted octanol–water partition coefficient (Wildman–Crippen LogP) is -0.0657. The van der Waals surface area contributed by atoms with Crippen molar-refractivity contribution in [1.82, 2.24) is 9.62 Å². The normalized spacial score (nSPS) is 10.9. The smallest absolute Gasteiger partial charge is 0.237 e. The van der Waals surface area contributed by atoms with Crippen molar-refractivity contribution >= 4 is 15.9 Å². The SMILES string of the molecule is C=CNCCOCCCS(=O)(=O)N(C)C(C)=O. The molecule has 0 radical (unpaired) electrons. The van der Waals surface area contributed by atoms with Crippen LogP contribution in [0.3, 0.4) is 0 Å². The summed E-state index contributed by atoms with van der Waals surface area (Å²) in [6, 6.07) is 0. The van der Waals surface area contributed by atoms with E-state index in [1.54, 1.807) is 6.20 Å². The molecular formula is C10H20N2O4S. The average molecular weight is 264 g/mol. The zero-order valence-corrected chi connectivity index (χ0v) is 11.1. The van der Waals surface area contributed by atoms with E-state index in [4.69, 9.17) is 4.74 Å². The number of carbonyl (C=O) groups is 1. The van der Waals surface area contributed by atoms with Gasteiger partial charge in [-0.05, 0) is 12.6 Å². The van der Waals surface area contributed by atoms with Crippen LogP contribution in [0.2, 0.25) is 0 Å². The lowest BCUT2D eigenvalue weighted by atomic mass is 10.5. The summed E-state index contributed by atoms with van der Waals surface area (Å²) in [6.45, 7) is 6.18. The van der Waals surface area contributed by atoms with Crippen LogP contribution in [0.25, 0.3) is 0 Å². The van der Waals surface area contributed by atoms with Crippen LogP contribution in [0.5, 0.6) is 0 Å². The van der Waals surface area contributed by atoms with E-state index in [0.29, 0.717) is 26.2 Å². The van der Waals surface area contributed by atoms with Crippen LogP contribution in [0, 0.1) is 0 Å². The maximum Gasteiger partial charge on any atom is 0.237 e. The number of sulfonamides is 1. The second-order valence-electron chi connectivity index (χ2n) is 3.43. The van der Waals surface area contributed by atoms with Crippen LogP contribution >= 0.6 is 0 Å². The van der Waals surface area contributed by atoms with E-state index in [1.165, 1.54) is 14.0 Å². The minimum absolute atomic E-state index is 0.0854. The zero-order chi connectivity index (χ0) is 13.3. The molecule has 0 aliphatic heterocycles. The number of hydrogen-bond acceptors (Lipinski definition) is 5. The largest absolute Gasteiger partial charge is 0.389 e. The minimum atomic E-state index is -3.48. The number of rotatable bonds is 9. The number of nitrogens with one attached hydrogen (secondary N) is 1. The molecule has 0 aromatic carbocycles. The summed E-state index contributed by atoms with van der Waals surface area (Å²) in [6.07, 6.45) is 1.93. The first-order valence-electron chi connectivity index (χ1n) is 5.31. The molecule has 1 N–H and O–H groups in total. The molecule has 7 heteroatoms. The van der Waals surface area contributed by atoms with E-state index in [9.17, 15) is 13.2 Å². The molecule has 0 heterocycles. The fraction of sp³-hybridized carbons (Fsp3) is 0.700. The molecule has 0 saturated carbocycles. The predicted molar refractivity (Wildman–Crippen MR) is 65.9 cm³/mol. The fourth-order valence-corrected chi connectivity index (χ4v) is 2.16. The van der Waals surface area contributed by atoms with Gasteiger partial charge < -0.3 is 10.1 Å². The molecule has 0 aliphatic rings. The highest BCUT2D eigenvalue weighted by Crippen LogP contribution is 2.00. The van der Waals surface area contributed by atoms with Gasteiger partial charge in [0.25, 0.3) is 0 Å². The van der Waals surface area contributed by atoms with E-state index >= 15 is 0 Å². The molecule has 0 spiro atoms. The summed E-state index contributed by atoms with van der Waals surface area (Å²) >= 11 is 0. The summed E-state index contributed by atoms with van der Waals surface area (Å²) in [7, 11) is -2.23. The Bertz CT molecular complexity index is 340. The highest BCUT2D eigenvalue weighted by atomic mass is 32.2. The van der Waals surface area contributed by atoms with Crippen molar-refractivity contribution in [3.8, 4) is 0 Å². The van der Waals surface area contributed by atoms with Gasteiger partial charge in [0.05, 0.1) is 12.4 Å². The quantitative estimate of drug-likeness (QED) is 0.590. The molecule has 0 saturated heterocycles. The van der Waals surface area contributed by atoms with Gasteiger partial charge in [0.2, 0.25) is 15.9 Å². The van der Waals surface area contributed by atoms with E-state index in [2.05, 4.69) is 11.9 Å². The van der Waals surface area contributed by atoms with E-state index in [-0.39, 0.29) is 5.75 Å². The first kappa shape index (κ1) is 15.9. The molecule has 0 unspecified atom stereocenters. The summed E-state index contributed by atoms with van der Waals surface area (Å²) in [5, 5.41) is 2.86. The zero-order valence-electron chi connectivity index (χ0n) is 10.3. The number of amides is 1. The molecule has 0 fully saturated rings. The number of carbonyl (C=O) groups excluding carboxylic acids is 1. The third-order valence-corrected chi connectivity index (χ3v) is 3.98. The second kappa shape index (κ2) is 8.08. The van der Waals surface area contributed by atoms with Crippen LogP contribution in [0.1, 0.15) is 13.3 Å².